The smallest absolute Gasteiger partial charge is 0.267 e. The van der Waals surface area contributed by atoms with Gasteiger partial charge in [0.05, 0.1) is 12.7 Å². The van der Waals surface area contributed by atoms with Crippen LogP contribution in [0.15, 0.2) is 11.4 Å². The third-order valence-electron chi connectivity index (χ3n) is 2.01. The number of hydrogen-bond acceptors (Lipinski definition) is 4. The average molecular weight is 243 g/mol. The molecule has 1 amide bonds. The van der Waals surface area contributed by atoms with Crippen molar-refractivity contribution in [3.05, 3.63) is 16.3 Å². The van der Waals surface area contributed by atoms with Crippen molar-refractivity contribution in [2.24, 2.45) is 0 Å². The second kappa shape index (κ2) is 4.84. The Balaban J connectivity index is 2.78. The highest BCUT2D eigenvalue weighted by Crippen LogP contribution is 2.25. The molecule has 16 heavy (non-hydrogen) atoms. The van der Waals surface area contributed by atoms with Crippen LogP contribution in [0.1, 0.15) is 23.5 Å². The van der Waals surface area contributed by atoms with Gasteiger partial charge in [-0.05, 0) is 25.3 Å². The van der Waals surface area contributed by atoms with Crippen LogP contribution in [-0.2, 0) is 0 Å². The van der Waals surface area contributed by atoms with Crippen LogP contribution in [-0.4, -0.2) is 42.2 Å². The standard InChI is InChI=1S/C11H17NO3S/c1-11(2,14)7-12(3)10(13)9-8(15-4)5-6-16-9/h5-6,14H,7H2,1-4H3. The van der Waals surface area contributed by atoms with Crippen molar-refractivity contribution in [3.8, 4) is 5.75 Å². The number of rotatable bonds is 4. The average Bonchev–Trinajstić information content (AvgIpc) is 2.61. The summed E-state index contributed by atoms with van der Waals surface area (Å²) in [6, 6.07) is 1.76. The molecule has 0 aromatic carbocycles. The molecule has 0 aliphatic rings. The summed E-state index contributed by atoms with van der Waals surface area (Å²) in [6.45, 7) is 3.62. The van der Waals surface area contributed by atoms with E-state index in [0.29, 0.717) is 10.6 Å². The Labute approximate surface area is 99.5 Å². The number of ether oxygens (including phenoxy) is 1. The molecule has 1 heterocycles. The lowest BCUT2D eigenvalue weighted by Crippen LogP contribution is -2.39. The highest BCUT2D eigenvalue weighted by Gasteiger charge is 2.23. The van der Waals surface area contributed by atoms with Crippen molar-refractivity contribution >= 4 is 17.2 Å². The van der Waals surface area contributed by atoms with Crippen LogP contribution in [0.25, 0.3) is 0 Å². The van der Waals surface area contributed by atoms with Gasteiger partial charge in [-0.1, -0.05) is 0 Å². The van der Waals surface area contributed by atoms with E-state index >= 15 is 0 Å². The van der Waals surface area contributed by atoms with E-state index in [1.165, 1.54) is 23.3 Å². The fourth-order valence-electron chi connectivity index (χ4n) is 1.44. The van der Waals surface area contributed by atoms with Gasteiger partial charge in [-0.2, -0.15) is 0 Å². The van der Waals surface area contributed by atoms with Gasteiger partial charge in [0, 0.05) is 13.6 Å². The van der Waals surface area contributed by atoms with Crippen molar-refractivity contribution in [3.63, 3.8) is 0 Å². The van der Waals surface area contributed by atoms with Crippen molar-refractivity contribution in [1.29, 1.82) is 0 Å². The molecule has 5 heteroatoms. The SMILES string of the molecule is COc1ccsc1C(=O)N(C)CC(C)(C)O. The Hall–Kier alpha value is -1.07. The quantitative estimate of drug-likeness (QED) is 0.874. The Kier molecular flexibility index (Phi) is 3.93. The minimum Gasteiger partial charge on any atom is -0.495 e. The Morgan fingerprint density at radius 3 is 2.75 bits per heavy atom. The summed E-state index contributed by atoms with van der Waals surface area (Å²) in [5.74, 6) is 0.451. The molecular formula is C11H17NO3S. The topological polar surface area (TPSA) is 49.8 Å². The Bertz CT molecular complexity index is 368. The summed E-state index contributed by atoms with van der Waals surface area (Å²) in [7, 11) is 3.20. The molecule has 0 bridgehead atoms. The van der Waals surface area contributed by atoms with Crippen LogP contribution in [0.3, 0.4) is 0 Å². The Morgan fingerprint density at radius 1 is 1.62 bits per heavy atom. The van der Waals surface area contributed by atoms with Gasteiger partial charge in [0.15, 0.2) is 0 Å². The van der Waals surface area contributed by atoms with E-state index in [-0.39, 0.29) is 12.5 Å². The number of nitrogens with zero attached hydrogens (tertiary/aromatic N) is 1. The number of carbonyl (C=O) groups is 1. The first kappa shape index (κ1) is 13.0. The van der Waals surface area contributed by atoms with Gasteiger partial charge in [-0.15, -0.1) is 11.3 Å². The zero-order valence-corrected chi connectivity index (χ0v) is 10.8. The van der Waals surface area contributed by atoms with E-state index in [4.69, 9.17) is 4.74 Å². The van der Waals surface area contributed by atoms with E-state index < -0.39 is 5.60 Å². The number of likely N-dealkylation sites (N-methyl/N-ethyl adjacent to an activating group) is 1. The lowest BCUT2D eigenvalue weighted by molar-refractivity contribution is 0.0369. The van der Waals surface area contributed by atoms with Gasteiger partial charge in [-0.3, -0.25) is 4.79 Å². The van der Waals surface area contributed by atoms with Crippen LogP contribution < -0.4 is 4.74 Å². The fraction of sp³-hybridized carbons (Fsp3) is 0.545. The highest BCUT2D eigenvalue weighted by molar-refractivity contribution is 7.12. The van der Waals surface area contributed by atoms with E-state index in [1.807, 2.05) is 5.38 Å². The molecule has 0 saturated carbocycles. The normalized spacial score (nSPS) is 11.3. The number of hydrogen-bond donors (Lipinski definition) is 1. The van der Waals surface area contributed by atoms with Crippen LogP contribution in [0, 0.1) is 0 Å². The molecule has 0 aliphatic heterocycles. The summed E-state index contributed by atoms with van der Waals surface area (Å²) in [5.41, 5.74) is -0.894. The van der Waals surface area contributed by atoms with E-state index in [2.05, 4.69) is 0 Å². The van der Waals surface area contributed by atoms with Crippen molar-refractivity contribution in [2.75, 3.05) is 20.7 Å². The third kappa shape index (κ3) is 3.21. The van der Waals surface area contributed by atoms with Crippen LogP contribution in [0.5, 0.6) is 5.75 Å². The molecule has 0 saturated heterocycles. The molecule has 1 aromatic heterocycles. The van der Waals surface area contributed by atoms with E-state index in [0.717, 1.165) is 0 Å². The molecule has 0 radical (unpaired) electrons. The van der Waals surface area contributed by atoms with Gasteiger partial charge in [-0.25, -0.2) is 0 Å². The minimum atomic E-state index is -0.894. The molecule has 1 N–H and O–H groups in total. The molecule has 0 unspecified atom stereocenters. The van der Waals surface area contributed by atoms with Gasteiger partial charge >= 0.3 is 0 Å². The minimum absolute atomic E-state index is 0.131. The summed E-state index contributed by atoms with van der Waals surface area (Å²) >= 11 is 1.34. The second-order valence-electron chi connectivity index (χ2n) is 4.29. The maximum atomic E-state index is 12.0. The van der Waals surface area contributed by atoms with Crippen LogP contribution >= 0.6 is 11.3 Å². The summed E-state index contributed by atoms with van der Waals surface area (Å²) in [4.78, 5) is 14.1. The molecule has 0 fully saturated rings. The molecule has 0 atom stereocenters. The lowest BCUT2D eigenvalue weighted by atomic mass is 10.1. The zero-order chi connectivity index (χ0) is 12.3. The number of thiophene rings is 1. The number of amides is 1. The van der Waals surface area contributed by atoms with Crippen molar-refractivity contribution < 1.29 is 14.6 Å². The van der Waals surface area contributed by atoms with E-state index in [9.17, 15) is 9.90 Å². The molecule has 1 aromatic rings. The summed E-state index contributed by atoms with van der Waals surface area (Å²) < 4.78 is 5.09. The Morgan fingerprint density at radius 2 is 2.25 bits per heavy atom. The molecule has 0 spiro atoms. The van der Waals surface area contributed by atoms with Crippen molar-refractivity contribution in [1.82, 2.24) is 4.90 Å². The van der Waals surface area contributed by atoms with Gasteiger partial charge in [0.1, 0.15) is 10.6 Å². The summed E-state index contributed by atoms with van der Waals surface area (Å²) in [6.07, 6.45) is 0. The maximum Gasteiger partial charge on any atom is 0.267 e. The zero-order valence-electron chi connectivity index (χ0n) is 9.98. The van der Waals surface area contributed by atoms with Crippen molar-refractivity contribution in [2.45, 2.75) is 19.4 Å². The fourth-order valence-corrected chi connectivity index (χ4v) is 2.29. The first-order valence-corrected chi connectivity index (χ1v) is 5.82. The van der Waals surface area contributed by atoms with Crippen LogP contribution in [0.4, 0.5) is 0 Å². The molecule has 90 valence electrons. The first-order chi connectivity index (χ1) is 7.35. The maximum absolute atomic E-state index is 12.0. The first-order valence-electron chi connectivity index (χ1n) is 4.94. The third-order valence-corrected chi connectivity index (χ3v) is 2.90. The predicted molar refractivity (Wildman–Crippen MR) is 64.1 cm³/mol. The van der Waals surface area contributed by atoms with Crippen LogP contribution in [0.2, 0.25) is 0 Å². The molecule has 4 nitrogen and oxygen atoms in total. The highest BCUT2D eigenvalue weighted by atomic mass is 32.1. The lowest BCUT2D eigenvalue weighted by Gasteiger charge is -2.25. The monoisotopic (exact) mass is 243 g/mol. The number of aliphatic hydroxyl groups is 1. The summed E-state index contributed by atoms with van der Waals surface area (Å²) in [5, 5.41) is 11.4. The largest absolute Gasteiger partial charge is 0.495 e. The van der Waals surface area contributed by atoms with Gasteiger partial charge in [0.25, 0.3) is 5.91 Å². The van der Waals surface area contributed by atoms with E-state index in [1.54, 1.807) is 27.0 Å². The molecule has 0 aliphatic carbocycles. The van der Waals surface area contributed by atoms with Gasteiger partial charge in [0.2, 0.25) is 0 Å². The second-order valence-corrected chi connectivity index (χ2v) is 5.21. The predicted octanol–water partition coefficient (Wildman–Crippen LogP) is 1.60. The number of carbonyl (C=O) groups excluding carboxylic acids is 1. The molecule has 1 rings (SSSR count). The molecular weight excluding hydrogens is 226 g/mol. The number of methoxy groups -OCH3 is 1. The van der Waals surface area contributed by atoms with Gasteiger partial charge < -0.3 is 14.7 Å².